The Morgan fingerprint density at radius 1 is 1.04 bits per heavy atom. The van der Waals surface area contributed by atoms with Gasteiger partial charge in [-0.25, -0.2) is 22.4 Å². The lowest BCUT2D eigenvalue weighted by Crippen LogP contribution is -2.41. The SMILES string of the molecule is CC1(c2ccc(F)cc2F)NC(=O)N(Cc2cccc(F)c2F)C1=O. The zero-order chi connectivity index (χ0) is 18.4. The van der Waals surface area contributed by atoms with Crippen molar-refractivity contribution in [3.8, 4) is 0 Å². The van der Waals surface area contributed by atoms with Gasteiger partial charge in [0.2, 0.25) is 0 Å². The van der Waals surface area contributed by atoms with Gasteiger partial charge in [-0.3, -0.25) is 9.69 Å². The minimum Gasteiger partial charge on any atom is -0.319 e. The molecule has 1 N–H and O–H groups in total. The average Bonchev–Trinajstić information content (AvgIpc) is 2.75. The van der Waals surface area contributed by atoms with Gasteiger partial charge in [0.25, 0.3) is 5.91 Å². The molecule has 2 aromatic rings. The van der Waals surface area contributed by atoms with Gasteiger partial charge in [0, 0.05) is 17.2 Å². The average molecular weight is 352 g/mol. The van der Waals surface area contributed by atoms with Crippen LogP contribution in [0.1, 0.15) is 18.1 Å². The zero-order valence-electron chi connectivity index (χ0n) is 12.9. The van der Waals surface area contributed by atoms with Crippen LogP contribution in [0, 0.1) is 23.3 Å². The first-order valence-corrected chi connectivity index (χ1v) is 7.26. The Bertz CT molecular complexity index is 887. The Labute approximate surface area is 140 Å². The molecule has 2 aromatic carbocycles. The minimum absolute atomic E-state index is 0.202. The first-order chi connectivity index (χ1) is 11.7. The van der Waals surface area contributed by atoms with Gasteiger partial charge >= 0.3 is 6.03 Å². The summed E-state index contributed by atoms with van der Waals surface area (Å²) in [5.41, 5.74) is -2.21. The molecule has 0 spiro atoms. The lowest BCUT2D eigenvalue weighted by Gasteiger charge is -2.22. The van der Waals surface area contributed by atoms with Crippen molar-refractivity contribution in [2.75, 3.05) is 0 Å². The van der Waals surface area contributed by atoms with Crippen molar-refractivity contribution in [3.63, 3.8) is 0 Å². The number of carbonyl (C=O) groups is 2. The fraction of sp³-hybridized carbons (Fsp3) is 0.176. The molecule has 8 heteroatoms. The number of hydrogen-bond acceptors (Lipinski definition) is 2. The van der Waals surface area contributed by atoms with Gasteiger partial charge < -0.3 is 5.32 Å². The summed E-state index contributed by atoms with van der Waals surface area (Å²) in [7, 11) is 0. The maximum Gasteiger partial charge on any atom is 0.325 e. The number of hydrogen-bond donors (Lipinski definition) is 1. The molecule has 1 fully saturated rings. The molecule has 25 heavy (non-hydrogen) atoms. The molecule has 1 atom stereocenters. The van der Waals surface area contributed by atoms with E-state index in [-0.39, 0.29) is 11.1 Å². The summed E-state index contributed by atoms with van der Waals surface area (Å²) in [4.78, 5) is 25.4. The second-order valence-electron chi connectivity index (χ2n) is 5.78. The number of carbonyl (C=O) groups excluding carboxylic acids is 2. The van der Waals surface area contributed by atoms with Gasteiger partial charge in [0.05, 0.1) is 6.54 Å². The molecular weight excluding hydrogens is 340 g/mol. The summed E-state index contributed by atoms with van der Waals surface area (Å²) < 4.78 is 54.2. The quantitative estimate of drug-likeness (QED) is 0.681. The van der Waals surface area contributed by atoms with Crippen LogP contribution in [-0.4, -0.2) is 16.8 Å². The lowest BCUT2D eigenvalue weighted by atomic mass is 9.91. The summed E-state index contributed by atoms with van der Waals surface area (Å²) in [6.07, 6.45) is 0. The van der Waals surface area contributed by atoms with Crippen LogP contribution in [0.15, 0.2) is 36.4 Å². The molecule has 0 bridgehead atoms. The predicted molar refractivity (Wildman–Crippen MR) is 79.1 cm³/mol. The van der Waals surface area contributed by atoms with Crippen LogP contribution in [0.25, 0.3) is 0 Å². The van der Waals surface area contributed by atoms with E-state index in [1.165, 1.54) is 19.1 Å². The van der Waals surface area contributed by atoms with Gasteiger partial charge in [0.15, 0.2) is 11.6 Å². The van der Waals surface area contributed by atoms with Gasteiger partial charge in [-0.15, -0.1) is 0 Å². The topological polar surface area (TPSA) is 49.4 Å². The highest BCUT2D eigenvalue weighted by atomic mass is 19.2. The highest BCUT2D eigenvalue weighted by molar-refractivity contribution is 6.07. The van der Waals surface area contributed by atoms with Crippen LogP contribution in [0.3, 0.4) is 0 Å². The molecule has 3 rings (SSSR count). The second-order valence-corrected chi connectivity index (χ2v) is 5.78. The molecule has 1 heterocycles. The van der Waals surface area contributed by atoms with Gasteiger partial charge in [-0.2, -0.15) is 0 Å². The fourth-order valence-corrected chi connectivity index (χ4v) is 2.76. The number of urea groups is 1. The highest BCUT2D eigenvalue weighted by Crippen LogP contribution is 2.32. The van der Waals surface area contributed by atoms with Gasteiger partial charge in [0.1, 0.15) is 17.2 Å². The van der Waals surface area contributed by atoms with Gasteiger partial charge in [-0.1, -0.05) is 18.2 Å². The standard InChI is InChI=1S/C17H12F4N2O2/c1-17(11-6-5-10(18)7-13(11)20)15(24)23(16(25)22-17)8-9-3-2-4-12(19)14(9)21/h2-7H,8H2,1H3,(H,22,25). The van der Waals surface area contributed by atoms with Crippen molar-refractivity contribution in [3.05, 3.63) is 70.8 Å². The van der Waals surface area contributed by atoms with Crippen molar-refractivity contribution >= 4 is 11.9 Å². The van der Waals surface area contributed by atoms with Crippen molar-refractivity contribution in [1.29, 1.82) is 0 Å². The fourth-order valence-electron chi connectivity index (χ4n) is 2.76. The van der Waals surface area contributed by atoms with E-state index in [1.54, 1.807) is 0 Å². The number of nitrogens with zero attached hydrogens (tertiary/aromatic N) is 1. The van der Waals surface area contributed by atoms with Crippen molar-refractivity contribution < 1.29 is 27.2 Å². The van der Waals surface area contributed by atoms with Gasteiger partial charge in [-0.05, 0) is 19.1 Å². The molecule has 0 aromatic heterocycles. The first kappa shape index (κ1) is 16.9. The van der Waals surface area contributed by atoms with E-state index < -0.39 is 47.3 Å². The van der Waals surface area contributed by atoms with Crippen LogP contribution in [0.5, 0.6) is 0 Å². The molecule has 1 aliphatic rings. The molecule has 1 aliphatic heterocycles. The smallest absolute Gasteiger partial charge is 0.319 e. The van der Waals surface area contributed by atoms with E-state index in [4.69, 9.17) is 0 Å². The molecule has 0 saturated carbocycles. The zero-order valence-corrected chi connectivity index (χ0v) is 12.9. The van der Waals surface area contributed by atoms with Crippen LogP contribution < -0.4 is 5.32 Å². The third-order valence-corrected chi connectivity index (χ3v) is 4.10. The number of halogens is 4. The molecule has 3 amide bonds. The maximum absolute atomic E-state index is 14.0. The van der Waals surface area contributed by atoms with E-state index in [2.05, 4.69) is 5.32 Å². The van der Waals surface area contributed by atoms with Crippen molar-refractivity contribution in [2.45, 2.75) is 19.0 Å². The highest BCUT2D eigenvalue weighted by Gasteiger charge is 2.50. The van der Waals surface area contributed by atoms with Crippen LogP contribution >= 0.6 is 0 Å². The number of rotatable bonds is 3. The maximum atomic E-state index is 14.0. The largest absolute Gasteiger partial charge is 0.325 e. The summed E-state index contributed by atoms with van der Waals surface area (Å²) in [5.74, 6) is -4.98. The predicted octanol–water partition coefficient (Wildman–Crippen LogP) is 3.21. The number of imide groups is 1. The van der Waals surface area contributed by atoms with E-state index in [9.17, 15) is 27.2 Å². The number of nitrogens with one attached hydrogen (secondary N) is 1. The minimum atomic E-state index is -1.78. The van der Waals surface area contributed by atoms with E-state index in [0.717, 1.165) is 18.2 Å². The number of benzene rings is 2. The molecule has 1 unspecified atom stereocenters. The second kappa shape index (κ2) is 5.87. The van der Waals surface area contributed by atoms with Crippen LogP contribution in [0.2, 0.25) is 0 Å². The third kappa shape index (κ3) is 2.73. The van der Waals surface area contributed by atoms with E-state index in [0.29, 0.717) is 11.0 Å². The molecule has 4 nitrogen and oxygen atoms in total. The monoisotopic (exact) mass is 352 g/mol. The van der Waals surface area contributed by atoms with Crippen LogP contribution in [-0.2, 0) is 16.9 Å². The summed E-state index contributed by atoms with van der Waals surface area (Å²) in [5, 5.41) is 2.32. The molecule has 130 valence electrons. The molecule has 0 radical (unpaired) electrons. The van der Waals surface area contributed by atoms with Crippen molar-refractivity contribution in [2.24, 2.45) is 0 Å². The first-order valence-electron chi connectivity index (χ1n) is 7.26. The third-order valence-electron chi connectivity index (χ3n) is 4.10. The van der Waals surface area contributed by atoms with E-state index >= 15 is 0 Å². The summed E-state index contributed by atoms with van der Waals surface area (Å²) in [6.45, 7) is 0.734. The lowest BCUT2D eigenvalue weighted by molar-refractivity contribution is -0.131. The Hall–Kier alpha value is -2.90. The Kier molecular flexibility index (Phi) is 3.98. The summed E-state index contributed by atoms with van der Waals surface area (Å²) in [6, 6.07) is 5.09. The number of amides is 3. The van der Waals surface area contributed by atoms with E-state index in [1.807, 2.05) is 0 Å². The normalized spacial score (nSPS) is 20.1. The molecule has 0 aliphatic carbocycles. The van der Waals surface area contributed by atoms with Crippen molar-refractivity contribution in [1.82, 2.24) is 10.2 Å². The Balaban J connectivity index is 1.95. The Morgan fingerprint density at radius 3 is 2.44 bits per heavy atom. The summed E-state index contributed by atoms with van der Waals surface area (Å²) >= 11 is 0. The molecular formula is C17H12F4N2O2. The Morgan fingerprint density at radius 2 is 1.76 bits per heavy atom. The molecule has 1 saturated heterocycles. The van der Waals surface area contributed by atoms with Crippen LogP contribution in [0.4, 0.5) is 22.4 Å².